The monoisotopic (exact) mass is 369 g/mol. The number of nitrogens with one attached hydrogen (secondary N) is 2. The molecule has 0 saturated heterocycles. The highest BCUT2D eigenvalue weighted by Crippen LogP contribution is 2.11. The van der Waals surface area contributed by atoms with Crippen LogP contribution in [0.3, 0.4) is 0 Å². The van der Waals surface area contributed by atoms with Crippen molar-refractivity contribution in [2.75, 3.05) is 19.0 Å². The van der Waals surface area contributed by atoms with Crippen molar-refractivity contribution in [3.8, 4) is 5.75 Å². The lowest BCUT2D eigenvalue weighted by Crippen LogP contribution is -2.32. The minimum absolute atomic E-state index is 0.272. The zero-order valence-electron chi connectivity index (χ0n) is 14.9. The molecule has 0 atom stereocenters. The van der Waals surface area contributed by atoms with E-state index in [1.807, 2.05) is 0 Å². The molecule has 0 aliphatic carbocycles. The number of hydrogen-bond acceptors (Lipinski definition) is 6. The van der Waals surface area contributed by atoms with Gasteiger partial charge in [0.05, 0.1) is 25.5 Å². The van der Waals surface area contributed by atoms with E-state index in [9.17, 15) is 14.4 Å². The van der Waals surface area contributed by atoms with Gasteiger partial charge >= 0.3 is 17.8 Å². The maximum atomic E-state index is 11.9. The first-order valence-electron chi connectivity index (χ1n) is 8.09. The predicted octanol–water partition coefficient (Wildman–Crippen LogP) is 1.96. The van der Waals surface area contributed by atoms with Crippen molar-refractivity contribution >= 4 is 29.7 Å². The zero-order chi connectivity index (χ0) is 19.6. The predicted molar refractivity (Wildman–Crippen MR) is 99.8 cm³/mol. The second-order valence-corrected chi connectivity index (χ2v) is 5.22. The molecule has 0 radical (unpaired) electrons. The fourth-order valence-electron chi connectivity index (χ4n) is 2.00. The highest BCUT2D eigenvalue weighted by Gasteiger charge is 2.13. The highest BCUT2D eigenvalue weighted by atomic mass is 16.5. The normalized spacial score (nSPS) is 10.3. The molecule has 0 saturated carbocycles. The van der Waals surface area contributed by atoms with Crippen molar-refractivity contribution in [1.29, 1.82) is 0 Å². The third-order valence-electron chi connectivity index (χ3n) is 3.36. The Bertz CT molecular complexity index is 829. The van der Waals surface area contributed by atoms with E-state index in [-0.39, 0.29) is 6.61 Å². The van der Waals surface area contributed by atoms with Crippen LogP contribution in [0, 0.1) is 0 Å². The topological polar surface area (TPSA) is 106 Å². The summed E-state index contributed by atoms with van der Waals surface area (Å²) in [6.07, 6.45) is 1.40. The van der Waals surface area contributed by atoms with Gasteiger partial charge in [-0.15, -0.1) is 0 Å². The molecule has 2 aromatic rings. The van der Waals surface area contributed by atoms with Crippen molar-refractivity contribution in [2.45, 2.75) is 6.92 Å². The van der Waals surface area contributed by atoms with Crippen LogP contribution in [-0.2, 0) is 14.3 Å². The van der Waals surface area contributed by atoms with E-state index in [2.05, 4.69) is 15.8 Å². The van der Waals surface area contributed by atoms with Gasteiger partial charge in [-0.3, -0.25) is 9.59 Å². The van der Waals surface area contributed by atoms with Gasteiger partial charge in [-0.2, -0.15) is 5.10 Å². The third kappa shape index (κ3) is 5.96. The van der Waals surface area contributed by atoms with Crippen LogP contribution in [0.25, 0.3) is 0 Å². The molecule has 0 aliphatic heterocycles. The summed E-state index contributed by atoms with van der Waals surface area (Å²) in [7, 11) is 1.56. The lowest BCUT2D eigenvalue weighted by atomic mass is 10.2. The van der Waals surface area contributed by atoms with Crippen LogP contribution >= 0.6 is 0 Å². The lowest BCUT2D eigenvalue weighted by molar-refractivity contribution is -0.136. The number of nitrogens with zero attached hydrogens (tertiary/aromatic N) is 1. The highest BCUT2D eigenvalue weighted by molar-refractivity contribution is 6.39. The Hall–Kier alpha value is -3.68. The van der Waals surface area contributed by atoms with Crippen LogP contribution < -0.4 is 15.5 Å². The fraction of sp³-hybridized carbons (Fsp3) is 0.158. The summed E-state index contributed by atoms with van der Waals surface area (Å²) in [6, 6.07) is 13.0. The first kappa shape index (κ1) is 19.6. The summed E-state index contributed by atoms with van der Waals surface area (Å²) in [4.78, 5) is 35.2. The van der Waals surface area contributed by atoms with Crippen LogP contribution in [-0.4, -0.2) is 37.7 Å². The van der Waals surface area contributed by atoms with Gasteiger partial charge in [-0.25, -0.2) is 10.2 Å². The molecule has 0 fully saturated rings. The Morgan fingerprint density at radius 3 is 2.26 bits per heavy atom. The largest absolute Gasteiger partial charge is 0.497 e. The molecule has 0 bridgehead atoms. The number of amides is 2. The van der Waals surface area contributed by atoms with Crippen molar-refractivity contribution in [3.63, 3.8) is 0 Å². The van der Waals surface area contributed by atoms with Crippen LogP contribution in [0.15, 0.2) is 53.6 Å². The summed E-state index contributed by atoms with van der Waals surface area (Å²) >= 11 is 0. The summed E-state index contributed by atoms with van der Waals surface area (Å²) < 4.78 is 9.91. The molecule has 27 heavy (non-hydrogen) atoms. The molecular formula is C19H19N3O5. The molecule has 0 aromatic heterocycles. The third-order valence-corrected chi connectivity index (χ3v) is 3.36. The number of carbonyl (C=O) groups excluding carboxylic acids is 3. The number of esters is 1. The molecule has 2 aromatic carbocycles. The first-order valence-corrected chi connectivity index (χ1v) is 8.09. The SMILES string of the molecule is CCOC(=O)c1ccc(NC(=O)C(=O)N/N=C/c2ccc(OC)cc2)cc1. The molecule has 0 aliphatic rings. The second kappa shape index (κ2) is 9.71. The molecule has 0 spiro atoms. The fourth-order valence-corrected chi connectivity index (χ4v) is 2.00. The number of hydrogen-bond donors (Lipinski definition) is 2. The van der Waals surface area contributed by atoms with Crippen LogP contribution in [0.5, 0.6) is 5.75 Å². The second-order valence-electron chi connectivity index (χ2n) is 5.22. The zero-order valence-corrected chi connectivity index (χ0v) is 14.9. The molecule has 2 amide bonds. The van der Waals surface area contributed by atoms with Gasteiger partial charge in [0, 0.05) is 5.69 Å². The van der Waals surface area contributed by atoms with E-state index >= 15 is 0 Å². The van der Waals surface area contributed by atoms with E-state index in [0.717, 1.165) is 5.56 Å². The summed E-state index contributed by atoms with van der Waals surface area (Å²) in [5.41, 5.74) is 3.58. The Morgan fingerprint density at radius 1 is 1.00 bits per heavy atom. The number of benzene rings is 2. The van der Waals surface area contributed by atoms with Gasteiger partial charge in [0.2, 0.25) is 0 Å². The lowest BCUT2D eigenvalue weighted by Gasteiger charge is -2.05. The number of hydrazone groups is 1. The van der Waals surface area contributed by atoms with Gasteiger partial charge in [0.15, 0.2) is 0 Å². The Labute approximate surface area is 156 Å². The van der Waals surface area contributed by atoms with Crippen molar-refractivity contribution in [3.05, 3.63) is 59.7 Å². The van der Waals surface area contributed by atoms with Gasteiger partial charge in [0.25, 0.3) is 0 Å². The quantitative estimate of drug-likeness (QED) is 0.350. The number of carbonyl (C=O) groups is 3. The minimum Gasteiger partial charge on any atom is -0.497 e. The molecule has 8 nitrogen and oxygen atoms in total. The minimum atomic E-state index is -0.922. The number of ether oxygens (including phenoxy) is 2. The maximum absolute atomic E-state index is 11.9. The molecule has 2 N–H and O–H groups in total. The Morgan fingerprint density at radius 2 is 1.67 bits per heavy atom. The standard InChI is InChI=1S/C19H19N3O5/c1-3-27-19(25)14-6-8-15(9-7-14)21-17(23)18(24)22-20-12-13-4-10-16(26-2)11-5-13/h4-12H,3H2,1-2H3,(H,21,23)(H,22,24)/b20-12+. The van der Waals surface area contributed by atoms with Gasteiger partial charge in [-0.1, -0.05) is 0 Å². The van der Waals surface area contributed by atoms with E-state index in [4.69, 9.17) is 9.47 Å². The molecule has 140 valence electrons. The van der Waals surface area contributed by atoms with Crippen LogP contribution in [0.1, 0.15) is 22.8 Å². The van der Waals surface area contributed by atoms with E-state index < -0.39 is 17.8 Å². The first-order chi connectivity index (χ1) is 13.0. The smallest absolute Gasteiger partial charge is 0.338 e. The summed E-state index contributed by atoms with van der Waals surface area (Å²) in [5, 5.41) is 6.14. The van der Waals surface area contributed by atoms with E-state index in [0.29, 0.717) is 17.0 Å². The number of methoxy groups -OCH3 is 1. The Kier molecular flexibility index (Phi) is 7.07. The van der Waals surface area contributed by atoms with E-state index in [1.165, 1.54) is 30.5 Å². The molecule has 0 heterocycles. The maximum Gasteiger partial charge on any atom is 0.338 e. The van der Waals surface area contributed by atoms with Gasteiger partial charge < -0.3 is 14.8 Å². The average molecular weight is 369 g/mol. The summed E-state index contributed by atoms with van der Waals surface area (Å²) in [6.45, 7) is 1.98. The molecule has 2 rings (SSSR count). The van der Waals surface area contributed by atoms with E-state index in [1.54, 1.807) is 38.3 Å². The van der Waals surface area contributed by atoms with Gasteiger partial charge in [-0.05, 0) is 61.0 Å². The molecule has 0 unspecified atom stereocenters. The molecule has 8 heteroatoms. The van der Waals surface area contributed by atoms with Crippen LogP contribution in [0.4, 0.5) is 5.69 Å². The van der Waals surface area contributed by atoms with Crippen molar-refractivity contribution in [2.24, 2.45) is 5.10 Å². The van der Waals surface area contributed by atoms with Crippen molar-refractivity contribution < 1.29 is 23.9 Å². The molecular weight excluding hydrogens is 350 g/mol. The van der Waals surface area contributed by atoms with Crippen LogP contribution in [0.2, 0.25) is 0 Å². The average Bonchev–Trinajstić information content (AvgIpc) is 2.69. The number of rotatable bonds is 6. The van der Waals surface area contributed by atoms with Crippen molar-refractivity contribution in [1.82, 2.24) is 5.43 Å². The summed E-state index contributed by atoms with van der Waals surface area (Å²) in [5.74, 6) is -1.56. The Balaban J connectivity index is 1.86. The van der Waals surface area contributed by atoms with Gasteiger partial charge in [0.1, 0.15) is 5.75 Å². The number of anilines is 1.